The number of halogens is 1. The molecule has 0 aliphatic heterocycles. The normalized spacial score (nSPS) is 19.4. The van der Waals surface area contributed by atoms with Crippen LogP contribution in [0.2, 0.25) is 0 Å². The van der Waals surface area contributed by atoms with E-state index < -0.39 is 10.0 Å². The van der Waals surface area contributed by atoms with Gasteiger partial charge in [0, 0.05) is 29.5 Å². The third kappa shape index (κ3) is 3.01. The van der Waals surface area contributed by atoms with Gasteiger partial charge in [-0.2, -0.15) is 4.31 Å². The number of aromatic nitrogens is 1. The summed E-state index contributed by atoms with van der Waals surface area (Å²) in [4.78, 5) is 4.20. The van der Waals surface area contributed by atoms with Gasteiger partial charge in [0.2, 0.25) is 10.0 Å². The van der Waals surface area contributed by atoms with Crippen LogP contribution in [0, 0.1) is 5.41 Å². The van der Waals surface area contributed by atoms with Crippen molar-refractivity contribution in [1.29, 1.82) is 0 Å². The molecule has 6 heteroatoms. The predicted molar refractivity (Wildman–Crippen MR) is 78.3 cm³/mol. The van der Waals surface area contributed by atoms with Gasteiger partial charge in [0.15, 0.2) is 0 Å². The van der Waals surface area contributed by atoms with E-state index in [1.165, 1.54) is 6.20 Å². The lowest BCUT2D eigenvalue weighted by molar-refractivity contribution is 0.0764. The van der Waals surface area contributed by atoms with Crippen molar-refractivity contribution in [3.05, 3.63) is 22.9 Å². The van der Waals surface area contributed by atoms with Crippen LogP contribution in [0.5, 0.6) is 0 Å². The molecule has 0 bridgehead atoms. The van der Waals surface area contributed by atoms with Crippen molar-refractivity contribution in [2.75, 3.05) is 6.54 Å². The Morgan fingerprint density at radius 1 is 1.42 bits per heavy atom. The molecule has 0 N–H and O–H groups in total. The van der Waals surface area contributed by atoms with E-state index in [1.54, 1.807) is 16.6 Å². The fourth-order valence-electron chi connectivity index (χ4n) is 2.71. The first-order chi connectivity index (χ1) is 8.76. The van der Waals surface area contributed by atoms with Crippen LogP contribution in [0.25, 0.3) is 0 Å². The van der Waals surface area contributed by atoms with Gasteiger partial charge in [-0.25, -0.2) is 8.42 Å². The van der Waals surface area contributed by atoms with Gasteiger partial charge in [0.05, 0.1) is 0 Å². The monoisotopic (exact) mass is 346 g/mol. The van der Waals surface area contributed by atoms with Gasteiger partial charge in [-0.1, -0.05) is 20.8 Å². The highest BCUT2D eigenvalue weighted by molar-refractivity contribution is 9.10. The summed E-state index contributed by atoms with van der Waals surface area (Å²) in [6.07, 6.45) is 4.83. The zero-order valence-electron chi connectivity index (χ0n) is 11.4. The maximum Gasteiger partial charge on any atom is 0.244 e. The van der Waals surface area contributed by atoms with Crippen molar-refractivity contribution in [3.63, 3.8) is 0 Å². The van der Waals surface area contributed by atoms with E-state index in [1.807, 2.05) is 6.92 Å². The minimum absolute atomic E-state index is 0.115. The molecule has 1 aliphatic rings. The van der Waals surface area contributed by atoms with Crippen LogP contribution >= 0.6 is 15.9 Å². The molecule has 1 saturated carbocycles. The van der Waals surface area contributed by atoms with Crippen molar-refractivity contribution in [2.24, 2.45) is 5.41 Å². The molecule has 0 atom stereocenters. The van der Waals surface area contributed by atoms with E-state index in [0.29, 0.717) is 11.0 Å². The van der Waals surface area contributed by atoms with Crippen LogP contribution in [-0.2, 0) is 10.0 Å². The van der Waals surface area contributed by atoms with E-state index in [4.69, 9.17) is 0 Å². The quantitative estimate of drug-likeness (QED) is 0.841. The summed E-state index contributed by atoms with van der Waals surface area (Å²) >= 11 is 3.27. The van der Waals surface area contributed by atoms with Crippen molar-refractivity contribution in [2.45, 2.75) is 44.6 Å². The first-order valence-corrected chi connectivity index (χ1v) is 8.62. The molecule has 0 aromatic carbocycles. The zero-order chi connectivity index (χ0) is 14.3. The van der Waals surface area contributed by atoms with Gasteiger partial charge >= 0.3 is 0 Å². The molecule has 2 rings (SSSR count). The summed E-state index contributed by atoms with van der Waals surface area (Å²) in [6.45, 7) is 6.72. The Hall–Kier alpha value is -0.460. The molecule has 19 heavy (non-hydrogen) atoms. The number of hydrogen-bond donors (Lipinski definition) is 0. The smallest absolute Gasteiger partial charge is 0.244 e. The second kappa shape index (κ2) is 5.14. The lowest BCUT2D eigenvalue weighted by Gasteiger charge is -2.47. The van der Waals surface area contributed by atoms with E-state index in [-0.39, 0.29) is 16.4 Å². The Labute approximate surface area is 123 Å². The summed E-state index contributed by atoms with van der Waals surface area (Å²) in [5, 5.41) is 0. The van der Waals surface area contributed by atoms with Gasteiger partial charge in [0.25, 0.3) is 0 Å². The van der Waals surface area contributed by atoms with Crippen molar-refractivity contribution in [1.82, 2.24) is 9.29 Å². The summed E-state index contributed by atoms with van der Waals surface area (Å²) in [6, 6.07) is 1.72. The molecule has 4 nitrogen and oxygen atoms in total. The van der Waals surface area contributed by atoms with Crippen LogP contribution in [0.3, 0.4) is 0 Å². The average molecular weight is 347 g/mol. The molecule has 1 aliphatic carbocycles. The molecular weight excluding hydrogens is 328 g/mol. The first kappa shape index (κ1) is 14.9. The summed E-state index contributed by atoms with van der Waals surface area (Å²) in [7, 11) is -3.44. The van der Waals surface area contributed by atoms with Crippen molar-refractivity contribution < 1.29 is 8.42 Å². The number of rotatable bonds is 4. The molecule has 1 aromatic heterocycles. The number of pyridine rings is 1. The minimum Gasteiger partial charge on any atom is -0.262 e. The largest absolute Gasteiger partial charge is 0.262 e. The molecule has 0 spiro atoms. The van der Waals surface area contributed by atoms with Gasteiger partial charge in [-0.05, 0) is 40.3 Å². The zero-order valence-corrected chi connectivity index (χ0v) is 13.8. The van der Waals surface area contributed by atoms with Gasteiger partial charge in [-0.3, -0.25) is 4.98 Å². The van der Waals surface area contributed by atoms with Crippen LogP contribution in [0.15, 0.2) is 27.8 Å². The third-order valence-corrected chi connectivity index (χ3v) is 6.01. The number of nitrogens with zero attached hydrogens (tertiary/aromatic N) is 2. The third-order valence-electron chi connectivity index (χ3n) is 3.58. The Kier molecular flexibility index (Phi) is 4.05. The summed E-state index contributed by atoms with van der Waals surface area (Å²) in [5.74, 6) is 0. The van der Waals surface area contributed by atoms with Gasteiger partial charge in [0.1, 0.15) is 4.90 Å². The Morgan fingerprint density at radius 3 is 2.53 bits per heavy atom. The first-order valence-electron chi connectivity index (χ1n) is 6.39. The minimum atomic E-state index is -3.44. The lowest BCUT2D eigenvalue weighted by atomic mass is 9.68. The van der Waals surface area contributed by atoms with E-state index in [9.17, 15) is 8.42 Å². The Morgan fingerprint density at radius 2 is 2.05 bits per heavy atom. The van der Waals surface area contributed by atoms with Gasteiger partial charge in [-0.15, -0.1) is 0 Å². The van der Waals surface area contributed by atoms with Crippen LogP contribution in [0.1, 0.15) is 33.6 Å². The second-order valence-electron chi connectivity index (χ2n) is 5.77. The fraction of sp³-hybridized carbons (Fsp3) is 0.615. The summed E-state index contributed by atoms with van der Waals surface area (Å²) in [5.41, 5.74) is 0.253. The standard InChI is InChI=1S/C13H19BrN2O2S/c1-4-16(11-6-13(2,3)7-11)19(17,18)12-5-10(14)8-15-9-12/h5,8-9,11H,4,6-7H2,1-3H3. The van der Waals surface area contributed by atoms with Crippen molar-refractivity contribution >= 4 is 26.0 Å². The average Bonchev–Trinajstić information content (AvgIpc) is 2.27. The SMILES string of the molecule is CCN(C1CC(C)(C)C1)S(=O)(=O)c1cncc(Br)c1. The molecule has 0 saturated heterocycles. The molecule has 1 fully saturated rings. The van der Waals surface area contributed by atoms with Gasteiger partial charge < -0.3 is 0 Å². The Balaban J connectivity index is 2.27. The molecule has 0 amide bonds. The highest BCUT2D eigenvalue weighted by Gasteiger charge is 2.43. The number of sulfonamides is 1. The highest BCUT2D eigenvalue weighted by atomic mass is 79.9. The molecule has 1 heterocycles. The van der Waals surface area contributed by atoms with Crippen LogP contribution < -0.4 is 0 Å². The van der Waals surface area contributed by atoms with E-state index in [0.717, 1.165) is 12.8 Å². The molecular formula is C13H19BrN2O2S. The fourth-order valence-corrected chi connectivity index (χ4v) is 4.85. The summed E-state index contributed by atoms with van der Waals surface area (Å²) < 4.78 is 27.5. The predicted octanol–water partition coefficient (Wildman–Crippen LogP) is 3.04. The van der Waals surface area contributed by atoms with Crippen LogP contribution in [0.4, 0.5) is 0 Å². The molecule has 1 aromatic rings. The molecule has 106 valence electrons. The lowest BCUT2D eigenvalue weighted by Crippen LogP contribution is -2.50. The van der Waals surface area contributed by atoms with Crippen molar-refractivity contribution in [3.8, 4) is 0 Å². The maximum absolute atomic E-state index is 12.6. The van der Waals surface area contributed by atoms with Crippen LogP contribution in [-0.4, -0.2) is 30.3 Å². The molecule has 0 radical (unpaired) electrons. The maximum atomic E-state index is 12.6. The second-order valence-corrected chi connectivity index (χ2v) is 8.58. The van der Waals surface area contributed by atoms with E-state index in [2.05, 4.69) is 34.8 Å². The molecule has 0 unspecified atom stereocenters. The number of hydrogen-bond acceptors (Lipinski definition) is 3. The topological polar surface area (TPSA) is 50.3 Å². The highest BCUT2D eigenvalue weighted by Crippen LogP contribution is 2.44. The Bertz CT molecular complexity index is 564. The van der Waals surface area contributed by atoms with E-state index >= 15 is 0 Å².